The Morgan fingerprint density at radius 1 is 1.25 bits per heavy atom. The second-order valence-corrected chi connectivity index (χ2v) is 5.82. The van der Waals surface area contributed by atoms with Gasteiger partial charge < -0.3 is 5.11 Å². The minimum atomic E-state index is -0.358. The number of hydrogen-bond acceptors (Lipinski definition) is 3. The Hall–Kier alpha value is -0.900. The van der Waals surface area contributed by atoms with Crippen LogP contribution in [-0.2, 0) is 9.59 Å². The molecule has 0 radical (unpaired) electrons. The van der Waals surface area contributed by atoms with Crippen molar-refractivity contribution in [3.63, 3.8) is 0 Å². The fraction of sp³-hybridized carbons (Fsp3) is 0.833. The molecule has 4 nitrogen and oxygen atoms in total. The van der Waals surface area contributed by atoms with Gasteiger partial charge in [-0.05, 0) is 11.3 Å². The van der Waals surface area contributed by atoms with Crippen LogP contribution in [0.1, 0.15) is 27.7 Å². The molecule has 3 atom stereocenters. The van der Waals surface area contributed by atoms with Gasteiger partial charge >= 0.3 is 0 Å². The van der Waals surface area contributed by atoms with Crippen LogP contribution in [-0.4, -0.2) is 34.5 Å². The summed E-state index contributed by atoms with van der Waals surface area (Å²) in [4.78, 5) is 25.4. The Labute approximate surface area is 95.6 Å². The van der Waals surface area contributed by atoms with E-state index in [4.69, 9.17) is 0 Å². The lowest BCUT2D eigenvalue weighted by atomic mass is 10.00. The van der Waals surface area contributed by atoms with E-state index in [1.54, 1.807) is 0 Å². The molecule has 0 bridgehead atoms. The quantitative estimate of drug-likeness (QED) is 0.717. The maximum Gasteiger partial charge on any atom is 0.234 e. The summed E-state index contributed by atoms with van der Waals surface area (Å²) < 4.78 is 0. The van der Waals surface area contributed by atoms with Crippen molar-refractivity contribution in [2.75, 3.05) is 6.61 Å². The summed E-state index contributed by atoms with van der Waals surface area (Å²) in [5.41, 5.74) is -0.165. The lowest BCUT2D eigenvalue weighted by molar-refractivity contribution is -0.148. The van der Waals surface area contributed by atoms with Crippen molar-refractivity contribution >= 4 is 11.8 Å². The Balaban J connectivity index is 2.22. The first-order chi connectivity index (χ1) is 7.34. The van der Waals surface area contributed by atoms with Crippen LogP contribution in [0.2, 0.25) is 0 Å². The second-order valence-electron chi connectivity index (χ2n) is 5.82. The lowest BCUT2D eigenvalue weighted by Gasteiger charge is -2.30. The summed E-state index contributed by atoms with van der Waals surface area (Å²) in [5, 5.41) is 9.28. The first kappa shape index (κ1) is 11.6. The van der Waals surface area contributed by atoms with Gasteiger partial charge in [-0.15, -0.1) is 0 Å². The number of nitrogens with zero attached hydrogens (tertiary/aromatic N) is 1. The SMILES string of the molecule is CC(C)C(CO)N1C(=O)C2C(C1=O)C2(C)C. The predicted octanol–water partition coefficient (Wildman–Crippen LogP) is 0.644. The van der Waals surface area contributed by atoms with Crippen molar-refractivity contribution in [3.05, 3.63) is 0 Å². The number of likely N-dealkylation sites (tertiary alicyclic amines) is 1. The Bertz CT molecular complexity index is 324. The van der Waals surface area contributed by atoms with Gasteiger partial charge in [0.2, 0.25) is 11.8 Å². The van der Waals surface area contributed by atoms with Crippen LogP contribution in [0.4, 0.5) is 0 Å². The van der Waals surface area contributed by atoms with Gasteiger partial charge in [0.1, 0.15) is 0 Å². The van der Waals surface area contributed by atoms with Crippen molar-refractivity contribution in [3.8, 4) is 0 Å². The van der Waals surface area contributed by atoms with E-state index < -0.39 is 0 Å². The van der Waals surface area contributed by atoms with E-state index in [9.17, 15) is 14.7 Å². The maximum absolute atomic E-state index is 12.1. The van der Waals surface area contributed by atoms with Crippen LogP contribution in [0, 0.1) is 23.2 Å². The molecule has 2 rings (SSSR count). The molecule has 2 fully saturated rings. The summed E-state index contributed by atoms with van der Waals surface area (Å²) in [6.45, 7) is 7.60. The zero-order valence-electron chi connectivity index (χ0n) is 10.2. The largest absolute Gasteiger partial charge is 0.394 e. The number of piperidine rings is 1. The summed E-state index contributed by atoms with van der Waals surface area (Å²) in [6, 6.07) is -0.358. The van der Waals surface area contributed by atoms with Gasteiger partial charge in [-0.1, -0.05) is 27.7 Å². The normalized spacial score (nSPS) is 33.2. The molecule has 1 saturated heterocycles. The average molecular weight is 225 g/mol. The molecule has 1 heterocycles. The topological polar surface area (TPSA) is 57.6 Å². The molecule has 2 aliphatic rings. The summed E-state index contributed by atoms with van der Waals surface area (Å²) in [7, 11) is 0. The molecule has 2 amide bonds. The van der Waals surface area contributed by atoms with E-state index >= 15 is 0 Å². The van der Waals surface area contributed by atoms with Crippen molar-refractivity contribution in [1.82, 2.24) is 4.90 Å². The molecule has 0 spiro atoms. The van der Waals surface area contributed by atoms with Gasteiger partial charge in [0.05, 0.1) is 24.5 Å². The van der Waals surface area contributed by atoms with Crippen molar-refractivity contribution in [1.29, 1.82) is 0 Å². The fourth-order valence-electron chi connectivity index (χ4n) is 2.89. The van der Waals surface area contributed by atoms with E-state index in [1.807, 2.05) is 27.7 Å². The number of amides is 2. The fourth-order valence-corrected chi connectivity index (χ4v) is 2.89. The number of hydrogen-bond donors (Lipinski definition) is 1. The first-order valence-electron chi connectivity index (χ1n) is 5.81. The third kappa shape index (κ3) is 1.25. The molecule has 3 unspecified atom stereocenters. The van der Waals surface area contributed by atoms with Gasteiger partial charge in [-0.25, -0.2) is 0 Å². The highest BCUT2D eigenvalue weighted by Crippen LogP contribution is 2.63. The molecule has 90 valence electrons. The molecule has 1 aliphatic heterocycles. The van der Waals surface area contributed by atoms with E-state index in [1.165, 1.54) is 4.90 Å². The molecule has 1 N–H and O–H groups in total. The van der Waals surface area contributed by atoms with Gasteiger partial charge in [0.25, 0.3) is 0 Å². The van der Waals surface area contributed by atoms with Crippen molar-refractivity contribution < 1.29 is 14.7 Å². The molecule has 1 aliphatic carbocycles. The van der Waals surface area contributed by atoms with Crippen LogP contribution < -0.4 is 0 Å². The minimum Gasteiger partial charge on any atom is -0.394 e. The summed E-state index contributed by atoms with van der Waals surface area (Å²) in [5.74, 6) is -0.375. The van der Waals surface area contributed by atoms with Gasteiger partial charge in [-0.3, -0.25) is 14.5 Å². The highest BCUT2D eigenvalue weighted by molar-refractivity contribution is 6.10. The highest BCUT2D eigenvalue weighted by atomic mass is 16.3. The Kier molecular flexibility index (Phi) is 2.38. The monoisotopic (exact) mass is 225 g/mol. The van der Waals surface area contributed by atoms with Crippen LogP contribution >= 0.6 is 0 Å². The van der Waals surface area contributed by atoms with Crippen LogP contribution in [0.5, 0.6) is 0 Å². The standard InChI is InChI=1S/C12H19NO3/c1-6(2)7(5-14)13-10(15)8-9(11(13)16)12(8,3)4/h6-9,14H,5H2,1-4H3. The second kappa shape index (κ2) is 3.29. The number of imide groups is 1. The zero-order chi connectivity index (χ0) is 12.2. The van der Waals surface area contributed by atoms with Crippen molar-refractivity contribution in [2.24, 2.45) is 23.2 Å². The first-order valence-corrected chi connectivity index (χ1v) is 5.81. The Morgan fingerprint density at radius 3 is 2.00 bits per heavy atom. The molecule has 0 aromatic carbocycles. The molecular formula is C12H19NO3. The number of carbonyl (C=O) groups is 2. The van der Waals surface area contributed by atoms with Crippen LogP contribution in [0.25, 0.3) is 0 Å². The molecular weight excluding hydrogens is 206 g/mol. The van der Waals surface area contributed by atoms with E-state index in [0.717, 1.165) is 0 Å². The molecule has 4 heteroatoms. The molecule has 1 saturated carbocycles. The zero-order valence-corrected chi connectivity index (χ0v) is 10.2. The highest BCUT2D eigenvalue weighted by Gasteiger charge is 2.73. The molecule has 0 aromatic heterocycles. The van der Waals surface area contributed by atoms with Gasteiger partial charge in [0, 0.05) is 0 Å². The number of fused-ring (bicyclic) bond motifs is 1. The van der Waals surface area contributed by atoms with E-state index in [-0.39, 0.29) is 47.6 Å². The summed E-state index contributed by atoms with van der Waals surface area (Å²) >= 11 is 0. The number of carbonyl (C=O) groups excluding carboxylic acids is 2. The molecule has 16 heavy (non-hydrogen) atoms. The van der Waals surface area contributed by atoms with Gasteiger partial charge in [0.15, 0.2) is 0 Å². The smallest absolute Gasteiger partial charge is 0.234 e. The number of aliphatic hydroxyl groups is 1. The lowest BCUT2D eigenvalue weighted by Crippen LogP contribution is -2.48. The Morgan fingerprint density at radius 2 is 1.69 bits per heavy atom. The number of rotatable bonds is 3. The van der Waals surface area contributed by atoms with Gasteiger partial charge in [-0.2, -0.15) is 0 Å². The predicted molar refractivity (Wildman–Crippen MR) is 58.3 cm³/mol. The van der Waals surface area contributed by atoms with E-state index in [0.29, 0.717) is 0 Å². The third-order valence-corrected chi connectivity index (χ3v) is 4.12. The van der Waals surface area contributed by atoms with E-state index in [2.05, 4.69) is 0 Å². The maximum atomic E-state index is 12.1. The summed E-state index contributed by atoms with van der Waals surface area (Å²) in [6.07, 6.45) is 0. The van der Waals surface area contributed by atoms with Crippen molar-refractivity contribution in [2.45, 2.75) is 33.7 Å². The van der Waals surface area contributed by atoms with Crippen LogP contribution in [0.15, 0.2) is 0 Å². The number of aliphatic hydroxyl groups excluding tert-OH is 1. The minimum absolute atomic E-state index is 0.0900. The third-order valence-electron chi connectivity index (χ3n) is 4.12. The molecule has 0 aromatic rings. The average Bonchev–Trinajstić information content (AvgIpc) is 2.63. The van der Waals surface area contributed by atoms with Crippen LogP contribution in [0.3, 0.4) is 0 Å².